The van der Waals surface area contributed by atoms with Gasteiger partial charge >= 0.3 is 6.18 Å². The van der Waals surface area contributed by atoms with E-state index in [0.29, 0.717) is 17.8 Å². The van der Waals surface area contributed by atoms with Crippen molar-refractivity contribution in [2.24, 2.45) is 0 Å². The topological polar surface area (TPSA) is 37.5 Å². The van der Waals surface area contributed by atoms with Gasteiger partial charge in [-0.25, -0.2) is 4.98 Å². The molecule has 0 aromatic carbocycles. The van der Waals surface area contributed by atoms with E-state index in [9.17, 15) is 18.3 Å². The molecule has 0 aliphatic heterocycles. The van der Waals surface area contributed by atoms with E-state index in [4.69, 9.17) is 11.6 Å². The molecule has 7 heteroatoms. The summed E-state index contributed by atoms with van der Waals surface area (Å²) in [5.41, 5.74) is 0.155. The number of nitrogens with zero attached hydrogens (tertiary/aromatic N) is 2. The van der Waals surface area contributed by atoms with Crippen LogP contribution < -0.4 is 0 Å². The Morgan fingerprint density at radius 3 is 2.63 bits per heavy atom. The van der Waals surface area contributed by atoms with Crippen molar-refractivity contribution in [1.82, 2.24) is 9.38 Å². The number of alkyl halides is 3. The smallest absolute Gasteiger partial charge is 0.387 e. The van der Waals surface area contributed by atoms with Crippen LogP contribution in [0.15, 0.2) is 12.3 Å². The lowest BCUT2D eigenvalue weighted by Gasteiger charge is -2.12. The van der Waals surface area contributed by atoms with Gasteiger partial charge < -0.3 is 5.11 Å². The maximum atomic E-state index is 12.8. The second kappa shape index (κ2) is 4.68. The van der Waals surface area contributed by atoms with Crippen LogP contribution in [0, 0.1) is 6.92 Å². The van der Waals surface area contributed by atoms with Crippen LogP contribution in [0.4, 0.5) is 13.2 Å². The van der Waals surface area contributed by atoms with Crippen LogP contribution >= 0.6 is 11.6 Å². The lowest BCUT2D eigenvalue weighted by atomic mass is 10.1. The second-order valence-electron chi connectivity index (χ2n) is 4.27. The molecule has 0 spiro atoms. The third kappa shape index (κ3) is 2.42. The fourth-order valence-corrected chi connectivity index (χ4v) is 2.24. The molecule has 2 heterocycles. The van der Waals surface area contributed by atoms with E-state index in [-0.39, 0.29) is 10.7 Å². The van der Waals surface area contributed by atoms with Crippen LogP contribution in [0.5, 0.6) is 0 Å². The predicted molar refractivity (Wildman–Crippen MR) is 65.2 cm³/mol. The average molecular weight is 293 g/mol. The van der Waals surface area contributed by atoms with Crippen molar-refractivity contribution in [2.75, 3.05) is 0 Å². The lowest BCUT2D eigenvalue weighted by molar-refractivity contribution is -0.137. The molecule has 0 saturated heterocycles. The van der Waals surface area contributed by atoms with Gasteiger partial charge in [0.2, 0.25) is 0 Å². The quantitative estimate of drug-likeness (QED) is 0.915. The number of fused-ring (bicyclic) bond motifs is 1. The van der Waals surface area contributed by atoms with Gasteiger partial charge in [-0.1, -0.05) is 18.5 Å². The van der Waals surface area contributed by atoms with E-state index in [1.54, 1.807) is 13.8 Å². The lowest BCUT2D eigenvalue weighted by Crippen LogP contribution is -2.09. The van der Waals surface area contributed by atoms with E-state index < -0.39 is 17.8 Å². The maximum absolute atomic E-state index is 12.8. The van der Waals surface area contributed by atoms with Crippen LogP contribution in [-0.2, 0) is 6.18 Å². The van der Waals surface area contributed by atoms with Crippen LogP contribution in [0.25, 0.3) is 5.65 Å². The minimum atomic E-state index is -4.50. The minimum Gasteiger partial charge on any atom is -0.387 e. The molecule has 1 atom stereocenters. The molecule has 19 heavy (non-hydrogen) atoms. The van der Waals surface area contributed by atoms with Crippen molar-refractivity contribution < 1.29 is 18.3 Å². The van der Waals surface area contributed by atoms with E-state index in [2.05, 4.69) is 4.98 Å². The standard InChI is InChI=1S/C12H12ClF3N2O/c1-3-9(19)10-6(2)17-11-8(13)4-7(5-18(10)11)12(14,15)16/h4-5,9,19H,3H2,1-2H3. The highest BCUT2D eigenvalue weighted by atomic mass is 35.5. The van der Waals surface area contributed by atoms with E-state index in [1.165, 1.54) is 4.40 Å². The number of rotatable bonds is 2. The minimum absolute atomic E-state index is 0.0903. The van der Waals surface area contributed by atoms with Gasteiger partial charge in [0, 0.05) is 6.20 Å². The summed E-state index contributed by atoms with van der Waals surface area (Å²) < 4.78 is 39.5. The zero-order valence-corrected chi connectivity index (χ0v) is 11.0. The van der Waals surface area contributed by atoms with Gasteiger partial charge in [0.1, 0.15) is 0 Å². The highest BCUT2D eigenvalue weighted by molar-refractivity contribution is 6.33. The first-order chi connectivity index (χ1) is 8.75. The summed E-state index contributed by atoms with van der Waals surface area (Å²) >= 11 is 5.84. The number of aliphatic hydroxyl groups is 1. The number of hydrogen-bond acceptors (Lipinski definition) is 2. The molecule has 0 saturated carbocycles. The summed E-state index contributed by atoms with van der Waals surface area (Å²) in [5, 5.41) is 9.81. The monoisotopic (exact) mass is 292 g/mol. The summed E-state index contributed by atoms with van der Waals surface area (Å²) in [6.07, 6.45) is -4.09. The van der Waals surface area contributed by atoms with Gasteiger partial charge in [0.25, 0.3) is 0 Å². The number of aromatic nitrogens is 2. The second-order valence-corrected chi connectivity index (χ2v) is 4.68. The Morgan fingerprint density at radius 1 is 1.47 bits per heavy atom. The zero-order chi connectivity index (χ0) is 14.4. The third-order valence-electron chi connectivity index (χ3n) is 2.93. The molecule has 0 aliphatic carbocycles. The summed E-state index contributed by atoms with van der Waals surface area (Å²) in [4.78, 5) is 4.11. The molecule has 104 valence electrons. The van der Waals surface area contributed by atoms with Gasteiger partial charge in [0.15, 0.2) is 5.65 Å². The first-order valence-corrected chi connectivity index (χ1v) is 6.06. The predicted octanol–water partition coefficient (Wildman–Crippen LogP) is 3.76. The van der Waals surface area contributed by atoms with Crippen molar-refractivity contribution in [1.29, 1.82) is 0 Å². The molecule has 2 aromatic heterocycles. The number of aryl methyl sites for hydroxylation is 1. The normalized spacial score (nSPS) is 14.1. The number of imidazole rings is 1. The molecular weight excluding hydrogens is 281 g/mol. The Labute approximate surface area is 112 Å². The number of aliphatic hydroxyl groups excluding tert-OH is 1. The van der Waals surface area contributed by atoms with Crippen LogP contribution in [0.2, 0.25) is 5.02 Å². The number of pyridine rings is 1. The molecule has 3 nitrogen and oxygen atoms in total. The summed E-state index contributed by atoms with van der Waals surface area (Å²) in [5.74, 6) is 0. The molecule has 0 radical (unpaired) electrons. The van der Waals surface area contributed by atoms with Crippen molar-refractivity contribution in [3.63, 3.8) is 0 Å². The molecular formula is C12H12ClF3N2O. The fourth-order valence-electron chi connectivity index (χ4n) is 1.99. The van der Waals surface area contributed by atoms with Crippen molar-refractivity contribution >= 4 is 17.2 Å². The Hall–Kier alpha value is -1.27. The summed E-state index contributed by atoms with van der Waals surface area (Å²) in [6, 6.07) is 0.839. The molecule has 0 fully saturated rings. The first-order valence-electron chi connectivity index (χ1n) is 5.69. The zero-order valence-electron chi connectivity index (χ0n) is 10.3. The highest BCUT2D eigenvalue weighted by Crippen LogP contribution is 2.34. The van der Waals surface area contributed by atoms with Gasteiger partial charge in [0.05, 0.1) is 28.1 Å². The Kier molecular flexibility index (Phi) is 3.49. The Bertz CT molecular complexity index is 621. The number of hydrogen-bond donors (Lipinski definition) is 1. The molecule has 2 rings (SSSR count). The van der Waals surface area contributed by atoms with Crippen molar-refractivity contribution in [3.8, 4) is 0 Å². The van der Waals surface area contributed by atoms with Crippen LogP contribution in [0.1, 0.15) is 36.4 Å². The van der Waals surface area contributed by atoms with Crippen molar-refractivity contribution in [2.45, 2.75) is 32.5 Å². The van der Waals surface area contributed by atoms with E-state index >= 15 is 0 Å². The number of halogens is 4. The average Bonchev–Trinajstić information content (AvgIpc) is 2.64. The van der Waals surface area contributed by atoms with Gasteiger partial charge in [-0.15, -0.1) is 0 Å². The molecule has 2 aromatic rings. The maximum Gasteiger partial charge on any atom is 0.417 e. The first kappa shape index (κ1) is 14.1. The van der Waals surface area contributed by atoms with Crippen LogP contribution in [-0.4, -0.2) is 14.5 Å². The summed E-state index contributed by atoms with van der Waals surface area (Å²) in [6.45, 7) is 3.36. The fraction of sp³-hybridized carbons (Fsp3) is 0.417. The molecule has 0 bridgehead atoms. The molecule has 0 aliphatic rings. The van der Waals surface area contributed by atoms with Gasteiger partial charge in [-0.2, -0.15) is 13.2 Å². The van der Waals surface area contributed by atoms with E-state index in [0.717, 1.165) is 12.3 Å². The SMILES string of the molecule is CCC(O)c1c(C)nc2c(Cl)cc(C(F)(F)F)cn12. The van der Waals surface area contributed by atoms with Gasteiger partial charge in [-0.3, -0.25) is 4.40 Å². The largest absolute Gasteiger partial charge is 0.417 e. The van der Waals surface area contributed by atoms with E-state index in [1.807, 2.05) is 0 Å². The van der Waals surface area contributed by atoms with Crippen LogP contribution in [0.3, 0.4) is 0 Å². The Balaban J connectivity index is 2.77. The molecule has 0 amide bonds. The highest BCUT2D eigenvalue weighted by Gasteiger charge is 2.32. The van der Waals surface area contributed by atoms with Gasteiger partial charge in [-0.05, 0) is 19.4 Å². The third-order valence-corrected chi connectivity index (χ3v) is 3.20. The molecule has 1 unspecified atom stereocenters. The van der Waals surface area contributed by atoms with Crippen molar-refractivity contribution in [3.05, 3.63) is 34.2 Å². The Morgan fingerprint density at radius 2 is 2.11 bits per heavy atom. The summed E-state index contributed by atoms with van der Waals surface area (Å²) in [7, 11) is 0. The molecule has 1 N–H and O–H groups in total.